The monoisotopic (exact) mass is 327 g/mol. The van der Waals surface area contributed by atoms with Crippen LogP contribution in [0.1, 0.15) is 29.8 Å². The molecular formula is C15H17N7O2. The number of hydrogen-bond donors (Lipinski definition) is 1. The summed E-state index contributed by atoms with van der Waals surface area (Å²) in [5, 5.41) is 21.3. The summed E-state index contributed by atoms with van der Waals surface area (Å²) >= 11 is 0. The summed E-state index contributed by atoms with van der Waals surface area (Å²) in [5.41, 5.74) is 0.768. The van der Waals surface area contributed by atoms with Gasteiger partial charge >= 0.3 is 5.97 Å². The van der Waals surface area contributed by atoms with E-state index in [-0.39, 0.29) is 11.7 Å². The molecule has 0 amide bonds. The minimum Gasteiger partial charge on any atom is -0.476 e. The van der Waals surface area contributed by atoms with E-state index in [0.29, 0.717) is 5.52 Å². The molecule has 124 valence electrons. The summed E-state index contributed by atoms with van der Waals surface area (Å²) in [6.45, 7) is 1.60. The highest BCUT2D eigenvalue weighted by Gasteiger charge is 2.27. The van der Waals surface area contributed by atoms with E-state index in [1.165, 1.54) is 10.7 Å². The van der Waals surface area contributed by atoms with Gasteiger partial charge in [0, 0.05) is 12.7 Å². The Hall–Kier alpha value is -2.97. The van der Waals surface area contributed by atoms with E-state index in [9.17, 15) is 9.90 Å². The molecule has 0 spiro atoms. The first-order valence-electron chi connectivity index (χ1n) is 7.91. The fourth-order valence-corrected chi connectivity index (χ4v) is 3.29. The SMILES string of the molecule is O=C(O)c1cnc(N2CCCCC2Cn2ccnn2)c2ccnn12. The fraction of sp³-hybridized carbons (Fsp3) is 0.400. The average Bonchev–Trinajstić information content (AvgIpc) is 3.25. The molecule has 0 radical (unpaired) electrons. The molecule has 4 rings (SSSR count). The highest BCUT2D eigenvalue weighted by molar-refractivity contribution is 5.87. The van der Waals surface area contributed by atoms with E-state index in [1.807, 2.05) is 10.9 Å². The molecule has 1 aliphatic heterocycles. The summed E-state index contributed by atoms with van der Waals surface area (Å²) in [6.07, 6.45) is 9.75. The molecule has 0 bridgehead atoms. The number of fused-ring (bicyclic) bond motifs is 1. The van der Waals surface area contributed by atoms with Crippen molar-refractivity contribution in [1.82, 2.24) is 29.6 Å². The first kappa shape index (κ1) is 14.6. The first-order chi connectivity index (χ1) is 11.7. The van der Waals surface area contributed by atoms with E-state index in [4.69, 9.17) is 0 Å². The third kappa shape index (κ3) is 2.47. The topological polar surface area (TPSA) is 101 Å². The third-order valence-corrected chi connectivity index (χ3v) is 4.40. The molecule has 0 aromatic carbocycles. The lowest BCUT2D eigenvalue weighted by Crippen LogP contribution is -2.43. The Morgan fingerprint density at radius 1 is 1.33 bits per heavy atom. The molecule has 3 aromatic heterocycles. The van der Waals surface area contributed by atoms with Gasteiger partial charge in [0.05, 0.1) is 31.2 Å². The van der Waals surface area contributed by atoms with Crippen molar-refractivity contribution in [3.8, 4) is 0 Å². The normalized spacial score (nSPS) is 18.2. The second kappa shape index (κ2) is 5.91. The minimum atomic E-state index is -1.04. The van der Waals surface area contributed by atoms with Gasteiger partial charge in [0.2, 0.25) is 0 Å². The lowest BCUT2D eigenvalue weighted by molar-refractivity contribution is 0.0687. The van der Waals surface area contributed by atoms with Gasteiger partial charge in [-0.3, -0.25) is 4.68 Å². The number of carboxylic acid groups (broad SMARTS) is 1. The number of piperidine rings is 1. The number of aromatic carboxylic acids is 1. The van der Waals surface area contributed by atoms with Gasteiger partial charge in [0.15, 0.2) is 11.5 Å². The van der Waals surface area contributed by atoms with Crippen molar-refractivity contribution in [3.63, 3.8) is 0 Å². The zero-order valence-corrected chi connectivity index (χ0v) is 13.0. The Bertz CT molecular complexity index is 858. The van der Waals surface area contributed by atoms with E-state index in [1.54, 1.807) is 18.5 Å². The van der Waals surface area contributed by atoms with Crippen molar-refractivity contribution in [3.05, 3.63) is 36.5 Å². The first-order valence-corrected chi connectivity index (χ1v) is 7.91. The average molecular weight is 327 g/mol. The quantitative estimate of drug-likeness (QED) is 0.765. The second-order valence-electron chi connectivity index (χ2n) is 5.87. The third-order valence-electron chi connectivity index (χ3n) is 4.40. The second-order valence-corrected chi connectivity index (χ2v) is 5.87. The van der Waals surface area contributed by atoms with Crippen LogP contribution < -0.4 is 4.90 Å². The number of carbonyl (C=O) groups is 1. The zero-order chi connectivity index (χ0) is 16.5. The van der Waals surface area contributed by atoms with E-state index < -0.39 is 5.97 Å². The van der Waals surface area contributed by atoms with E-state index in [0.717, 1.165) is 38.2 Å². The van der Waals surface area contributed by atoms with E-state index >= 15 is 0 Å². The lowest BCUT2D eigenvalue weighted by Gasteiger charge is -2.36. The molecule has 9 heteroatoms. The van der Waals surface area contributed by atoms with Crippen molar-refractivity contribution in [2.24, 2.45) is 0 Å². The Labute approximate surface area is 137 Å². The van der Waals surface area contributed by atoms with Crippen LogP contribution in [0.4, 0.5) is 5.82 Å². The van der Waals surface area contributed by atoms with Crippen LogP contribution in [0.5, 0.6) is 0 Å². The molecule has 24 heavy (non-hydrogen) atoms. The maximum absolute atomic E-state index is 11.3. The zero-order valence-electron chi connectivity index (χ0n) is 13.0. The van der Waals surface area contributed by atoms with Crippen molar-refractivity contribution in [1.29, 1.82) is 0 Å². The number of carboxylic acids is 1. The number of nitrogens with zero attached hydrogens (tertiary/aromatic N) is 7. The predicted molar refractivity (Wildman–Crippen MR) is 85.0 cm³/mol. The number of aromatic nitrogens is 6. The van der Waals surface area contributed by atoms with Gasteiger partial charge in [-0.1, -0.05) is 5.21 Å². The molecule has 1 N–H and O–H groups in total. The Morgan fingerprint density at radius 3 is 3.04 bits per heavy atom. The molecular weight excluding hydrogens is 310 g/mol. The van der Waals surface area contributed by atoms with Gasteiger partial charge in [-0.2, -0.15) is 5.10 Å². The van der Waals surface area contributed by atoms with Crippen LogP contribution in [0.2, 0.25) is 0 Å². The summed E-state index contributed by atoms with van der Waals surface area (Å²) in [7, 11) is 0. The fourth-order valence-electron chi connectivity index (χ4n) is 3.29. The van der Waals surface area contributed by atoms with Crippen LogP contribution >= 0.6 is 0 Å². The van der Waals surface area contributed by atoms with Gasteiger partial charge in [-0.05, 0) is 25.3 Å². The maximum atomic E-state index is 11.3. The molecule has 0 saturated carbocycles. The van der Waals surface area contributed by atoms with Crippen LogP contribution in [0, 0.1) is 0 Å². The molecule has 1 atom stereocenters. The van der Waals surface area contributed by atoms with Crippen LogP contribution in [0.3, 0.4) is 0 Å². The Balaban J connectivity index is 1.73. The summed E-state index contributed by atoms with van der Waals surface area (Å²) in [5.74, 6) is -0.275. The number of rotatable bonds is 4. The predicted octanol–water partition coefficient (Wildman–Crippen LogP) is 1.08. The van der Waals surface area contributed by atoms with Gasteiger partial charge in [-0.15, -0.1) is 5.10 Å². The Morgan fingerprint density at radius 2 is 2.25 bits per heavy atom. The van der Waals surface area contributed by atoms with Crippen molar-refractivity contribution >= 4 is 17.3 Å². The van der Waals surface area contributed by atoms with Gasteiger partial charge in [-0.25, -0.2) is 14.3 Å². The summed E-state index contributed by atoms with van der Waals surface area (Å²) in [4.78, 5) is 18.0. The molecule has 4 heterocycles. The summed E-state index contributed by atoms with van der Waals surface area (Å²) in [6, 6.07) is 2.04. The molecule has 1 unspecified atom stereocenters. The molecule has 1 aliphatic rings. The van der Waals surface area contributed by atoms with E-state index in [2.05, 4.69) is 25.3 Å². The smallest absolute Gasteiger partial charge is 0.356 e. The van der Waals surface area contributed by atoms with Crippen molar-refractivity contribution < 1.29 is 9.90 Å². The van der Waals surface area contributed by atoms with Crippen LogP contribution in [-0.4, -0.2) is 53.3 Å². The Kier molecular flexibility index (Phi) is 3.60. The van der Waals surface area contributed by atoms with Crippen molar-refractivity contribution in [2.75, 3.05) is 11.4 Å². The van der Waals surface area contributed by atoms with Gasteiger partial charge in [0.25, 0.3) is 0 Å². The van der Waals surface area contributed by atoms with Crippen LogP contribution in [-0.2, 0) is 6.54 Å². The number of anilines is 1. The lowest BCUT2D eigenvalue weighted by atomic mass is 10.0. The molecule has 3 aromatic rings. The minimum absolute atomic E-state index is 0.0589. The van der Waals surface area contributed by atoms with Gasteiger partial charge in [0.1, 0.15) is 5.52 Å². The highest BCUT2D eigenvalue weighted by Crippen LogP contribution is 2.28. The molecule has 9 nitrogen and oxygen atoms in total. The van der Waals surface area contributed by atoms with Crippen LogP contribution in [0.15, 0.2) is 30.9 Å². The maximum Gasteiger partial charge on any atom is 0.356 e. The largest absolute Gasteiger partial charge is 0.476 e. The van der Waals surface area contributed by atoms with Crippen LogP contribution in [0.25, 0.3) is 5.52 Å². The number of hydrogen-bond acceptors (Lipinski definition) is 6. The standard InChI is InChI=1S/C15H17N7O2/c23-15(24)13-9-16-14(12-4-5-18-22(12)13)21-7-2-1-3-11(21)10-20-8-6-17-19-20/h4-6,8-9,11H,1-3,7,10H2,(H,23,24). The molecule has 0 aliphatic carbocycles. The molecule has 1 saturated heterocycles. The van der Waals surface area contributed by atoms with Gasteiger partial charge < -0.3 is 10.0 Å². The van der Waals surface area contributed by atoms with Crippen molar-refractivity contribution in [2.45, 2.75) is 31.8 Å². The molecule has 1 fully saturated rings. The highest BCUT2D eigenvalue weighted by atomic mass is 16.4. The summed E-state index contributed by atoms with van der Waals surface area (Å²) < 4.78 is 3.26.